The van der Waals surface area contributed by atoms with Gasteiger partial charge in [0.15, 0.2) is 11.9 Å². The number of aromatic hydroxyl groups is 2. The summed E-state index contributed by atoms with van der Waals surface area (Å²) in [7, 11) is 0. The Hall–Kier alpha value is -11.7. The molecule has 2 aromatic carbocycles. The van der Waals surface area contributed by atoms with Crippen LogP contribution in [0.4, 0.5) is 0 Å². The van der Waals surface area contributed by atoms with E-state index in [1.165, 1.54) is 62.4 Å². The number of carboxylic acid groups (broad SMARTS) is 1. The quantitative estimate of drug-likeness (QED) is 0.0166. The number of hydrogen-bond acceptors (Lipinski definition) is 27. The number of hydrogen-bond donors (Lipinski definition) is 31. The summed E-state index contributed by atoms with van der Waals surface area (Å²) in [5, 5.41) is 126. The largest absolute Gasteiger partial charge is 0.508 e. The molecule has 0 aliphatic heterocycles. The predicted octanol–water partition coefficient (Wildman–Crippen LogP) is -9.93. The number of nitrogens with one attached hydrogen (secondary N) is 18. The van der Waals surface area contributed by atoms with Gasteiger partial charge in [-0.05, 0) is 170 Å². The highest BCUT2D eigenvalue weighted by Crippen LogP contribution is 2.17. The molecule has 46 nitrogen and oxygen atoms in total. The first-order valence-electron chi connectivity index (χ1n) is 39.9. The Labute approximate surface area is 700 Å². The van der Waals surface area contributed by atoms with Gasteiger partial charge >= 0.3 is 5.97 Å². The van der Waals surface area contributed by atoms with E-state index in [2.05, 4.69) is 85.1 Å². The summed E-state index contributed by atoms with van der Waals surface area (Å²) < 4.78 is 0. The first-order chi connectivity index (χ1) is 57.5. The topological polar surface area (TPSA) is 794 Å². The Bertz CT molecular complexity index is 3680. The van der Waals surface area contributed by atoms with Gasteiger partial charge in [-0.15, -0.1) is 0 Å². The van der Waals surface area contributed by atoms with Crippen molar-refractivity contribution in [2.24, 2.45) is 40.3 Å². The second-order valence-corrected chi connectivity index (χ2v) is 28.8. The van der Waals surface area contributed by atoms with Gasteiger partial charge in [-0.1, -0.05) is 38.1 Å². The number of guanidine groups is 2. The number of amides is 14. The third kappa shape index (κ3) is 41.7. The minimum Gasteiger partial charge on any atom is -0.508 e. The minimum atomic E-state index is -1.93. The van der Waals surface area contributed by atoms with Crippen LogP contribution in [-0.2, 0) is 84.8 Å². The SMILES string of the molecule is CC(=O)N[C@@H](CO)C(=O)N[C@@H](CCCCN)C(=O)N[C@@H](CO)C(=O)N[C@@H](Cc1ccc(O)cc1)C(=O)N[C@@H](CCCNC(=N)N)C(=O)N[C@@H](CCCCN)C(=O)N[C@@H](CCCNC(=N)N)C(=O)N[C@@H](Cc1ccc(O)cc1)C(=O)N[C@@H](CO)C(=O)N[C@@H](CCCCN)C(=O)N[C@@H](CO)C(=O)N[C@H](C(=O)NCC(=O)N[C@@H](CCCCN)C(=O)O)C(C)C. The molecule has 0 saturated carbocycles. The zero-order chi connectivity index (χ0) is 90.7. The summed E-state index contributed by atoms with van der Waals surface area (Å²) >= 11 is 0. The summed E-state index contributed by atoms with van der Waals surface area (Å²) in [6, 6.07) is -10.4. The van der Waals surface area contributed by atoms with Crippen molar-refractivity contribution in [1.29, 1.82) is 10.8 Å². The van der Waals surface area contributed by atoms with E-state index in [4.69, 9.17) is 45.2 Å². The minimum absolute atomic E-state index is 0.0151. The molecule has 0 aliphatic rings. The molecular weight excluding hydrogens is 1590 g/mol. The predicted molar refractivity (Wildman–Crippen MR) is 438 cm³/mol. The third-order valence-electron chi connectivity index (χ3n) is 18.6. The summed E-state index contributed by atoms with van der Waals surface area (Å²) in [6.07, 6.45) is 0.582. The van der Waals surface area contributed by atoms with Crippen molar-refractivity contribution >= 4 is 101 Å². The number of aliphatic hydroxyl groups is 4. The highest BCUT2D eigenvalue weighted by Gasteiger charge is 2.38. The van der Waals surface area contributed by atoms with Gasteiger partial charge in [-0.2, -0.15) is 0 Å². The van der Waals surface area contributed by atoms with Crippen molar-refractivity contribution in [3.05, 3.63) is 59.7 Å². The van der Waals surface area contributed by atoms with E-state index in [1.807, 2.05) is 0 Å². The fraction of sp³-hybridized carbons (Fsp3) is 0.613. The van der Waals surface area contributed by atoms with Crippen molar-refractivity contribution in [2.45, 2.75) is 215 Å². The molecule has 0 aliphatic carbocycles. The monoisotopic (exact) mass is 1710 g/mol. The van der Waals surface area contributed by atoms with E-state index in [0.29, 0.717) is 37.8 Å². The molecule has 0 fully saturated rings. The molecule has 46 heteroatoms. The fourth-order valence-electron chi connectivity index (χ4n) is 11.8. The van der Waals surface area contributed by atoms with Crippen LogP contribution in [-0.4, -0.2) is 287 Å². The number of nitrogens with two attached hydrogens (primary N) is 6. The molecule has 14 amide bonds. The molecule has 13 atom stereocenters. The third-order valence-corrected chi connectivity index (χ3v) is 18.6. The van der Waals surface area contributed by atoms with Gasteiger partial charge in [0.05, 0.1) is 33.0 Å². The van der Waals surface area contributed by atoms with Crippen molar-refractivity contribution < 1.29 is 108 Å². The molecule has 0 spiro atoms. The Morgan fingerprint density at radius 1 is 0.331 bits per heavy atom. The maximum absolute atomic E-state index is 14.9. The van der Waals surface area contributed by atoms with Gasteiger partial charge in [-0.25, -0.2) is 4.79 Å². The Morgan fingerprint density at radius 2 is 0.587 bits per heavy atom. The van der Waals surface area contributed by atoms with E-state index in [0.717, 1.165) is 6.92 Å². The maximum Gasteiger partial charge on any atom is 0.326 e. The molecule has 0 radical (unpaired) electrons. The van der Waals surface area contributed by atoms with E-state index in [1.54, 1.807) is 0 Å². The average Bonchev–Trinajstić information content (AvgIpc) is 0.850. The van der Waals surface area contributed by atoms with Crippen LogP contribution in [0.2, 0.25) is 0 Å². The molecule has 37 N–H and O–H groups in total. The molecule has 0 unspecified atom stereocenters. The molecular formula is C75H126N24O22. The van der Waals surface area contributed by atoms with Gasteiger partial charge in [0.2, 0.25) is 82.7 Å². The highest BCUT2D eigenvalue weighted by molar-refractivity contribution is 6.00. The number of aliphatic hydroxyl groups excluding tert-OH is 4. The number of rotatable bonds is 61. The lowest BCUT2D eigenvalue weighted by Crippen LogP contribution is -2.62. The zero-order valence-corrected chi connectivity index (χ0v) is 68.4. The summed E-state index contributed by atoms with van der Waals surface area (Å²) in [5.74, 6) is -17.6. The normalized spacial score (nSPS) is 14.2. The van der Waals surface area contributed by atoms with Gasteiger partial charge in [0.1, 0.15) is 90.0 Å². The number of carboxylic acids is 1. The van der Waals surface area contributed by atoms with Gasteiger partial charge in [0.25, 0.3) is 0 Å². The molecule has 2 aromatic rings. The smallest absolute Gasteiger partial charge is 0.326 e. The number of phenols is 2. The lowest BCUT2D eigenvalue weighted by molar-refractivity contribution is -0.142. The molecule has 0 saturated heterocycles. The van der Waals surface area contributed by atoms with Crippen LogP contribution >= 0.6 is 0 Å². The van der Waals surface area contributed by atoms with E-state index in [-0.39, 0.29) is 133 Å². The summed E-state index contributed by atoms with van der Waals surface area (Å²) in [6.45, 7) is -0.158. The van der Waals surface area contributed by atoms with Crippen LogP contribution in [0.25, 0.3) is 0 Å². The van der Waals surface area contributed by atoms with Crippen LogP contribution in [0, 0.1) is 16.7 Å². The van der Waals surface area contributed by atoms with Crippen LogP contribution < -0.4 is 119 Å². The van der Waals surface area contributed by atoms with Crippen LogP contribution in [0.3, 0.4) is 0 Å². The Kier molecular flexibility index (Phi) is 50.7. The van der Waals surface area contributed by atoms with Crippen LogP contribution in [0.15, 0.2) is 48.5 Å². The Morgan fingerprint density at radius 3 is 0.860 bits per heavy atom. The van der Waals surface area contributed by atoms with Gasteiger partial charge in [0, 0.05) is 32.9 Å². The molecule has 121 heavy (non-hydrogen) atoms. The number of phenolic OH excluding ortho intramolecular Hbond substituents is 2. The second kappa shape index (κ2) is 58.3. The van der Waals surface area contributed by atoms with Gasteiger partial charge in [-0.3, -0.25) is 77.9 Å². The first kappa shape index (κ1) is 105. The van der Waals surface area contributed by atoms with Crippen molar-refractivity contribution in [3.63, 3.8) is 0 Å². The maximum atomic E-state index is 14.9. The first-order valence-corrected chi connectivity index (χ1v) is 39.9. The number of carbonyl (C=O) groups is 15. The molecule has 0 aromatic heterocycles. The number of carbonyl (C=O) groups excluding carboxylic acids is 14. The summed E-state index contributed by atoms with van der Waals surface area (Å²) in [4.78, 5) is 207. The standard InChI is InChI=1S/C75H126N24O22/c1-41(2)60(72(119)86-36-59(107)88-52(73(120)121)17-7-11-31-79)99-71(118)58(40-103)97-65(112)49(16-6-10-30-78)93-69(116)56(38-101)98-67(114)54(35-44-22-26-46(106)27-23-44)94-63(110)51(19-13-33-85-75(82)83)90-61(108)47(14-4-8-28-76)89-62(109)50(18-12-32-84-74(80)81)91-66(113)53(34-43-20-24-45(105)25-21-43)95-70(117)57(39-102)96-64(111)48(15-5-9-29-77)92-68(115)55(37-100)87-42(3)104/h20-27,41,47-58,60,100-103,105-106H,4-19,28-40,76-79H2,1-3H3,(H,86,119)(H,87,104)(H,88,107)(H,89,109)(H,90,108)(H,91,113)(H,92,115)(H,93,116)(H,94,110)(H,95,117)(H,96,111)(H,97,112)(H,98,114)(H,99,118)(H,120,121)(H4,80,81,84)(H4,82,83,85)/t47-,48-,49-,50-,51-,52-,53-,54-,55-,56-,57-,58-,60-/m0/s1. The average molecular weight is 1720 g/mol. The highest BCUT2D eigenvalue weighted by atomic mass is 16.4. The lowest BCUT2D eigenvalue weighted by Gasteiger charge is -2.28. The second-order valence-electron chi connectivity index (χ2n) is 28.8. The molecule has 2 rings (SSSR count). The van der Waals surface area contributed by atoms with E-state index < -0.39 is 224 Å². The fourth-order valence-corrected chi connectivity index (χ4v) is 11.8. The van der Waals surface area contributed by atoms with Crippen LogP contribution in [0.1, 0.15) is 135 Å². The van der Waals surface area contributed by atoms with E-state index >= 15 is 0 Å². The molecule has 0 bridgehead atoms. The molecule has 0 heterocycles. The lowest BCUT2D eigenvalue weighted by atomic mass is 10.0. The van der Waals surface area contributed by atoms with E-state index in [9.17, 15) is 108 Å². The van der Waals surface area contributed by atoms with Gasteiger partial charge < -0.3 is 155 Å². The van der Waals surface area contributed by atoms with Crippen LogP contribution in [0.5, 0.6) is 11.5 Å². The molecule has 678 valence electrons. The zero-order valence-electron chi connectivity index (χ0n) is 68.4. The van der Waals surface area contributed by atoms with Crippen molar-refractivity contribution in [2.75, 3.05) is 72.2 Å². The van der Waals surface area contributed by atoms with Crippen molar-refractivity contribution in [1.82, 2.24) is 85.1 Å². The number of unbranched alkanes of at least 4 members (excludes halogenated alkanes) is 4. The number of aliphatic carboxylic acids is 1. The van der Waals surface area contributed by atoms with Crippen molar-refractivity contribution in [3.8, 4) is 11.5 Å². The number of benzene rings is 2. The summed E-state index contributed by atoms with van der Waals surface area (Å²) in [5.41, 5.74) is 34.5. The Balaban J connectivity index is 2.64.